The minimum atomic E-state index is -1.05. The number of ether oxygens (including phenoxy) is 2. The van der Waals surface area contributed by atoms with E-state index < -0.39 is 5.97 Å². The van der Waals surface area contributed by atoms with Crippen LogP contribution >= 0.6 is 11.6 Å². The van der Waals surface area contributed by atoms with Crippen molar-refractivity contribution in [2.45, 2.75) is 25.8 Å². The third-order valence-electron chi connectivity index (χ3n) is 3.67. The number of hydrogen-bond acceptors (Lipinski definition) is 4. The Hall–Kier alpha value is -1.63. The summed E-state index contributed by atoms with van der Waals surface area (Å²) in [6, 6.07) is 3.62. The molecule has 0 amide bonds. The molecule has 1 aromatic heterocycles. The van der Waals surface area contributed by atoms with E-state index in [-0.39, 0.29) is 5.69 Å². The van der Waals surface area contributed by atoms with Gasteiger partial charge < -0.3 is 14.6 Å². The number of carboxylic acids is 1. The number of rotatable bonds is 9. The lowest BCUT2D eigenvalue weighted by Gasteiger charge is -2.08. The minimum Gasteiger partial charge on any atom is -0.476 e. The molecule has 0 aliphatic heterocycles. The molecular weight excluding hydrogens is 320 g/mol. The maximum atomic E-state index is 11.6. The smallest absolute Gasteiger partial charge is 0.357 e. The second kappa shape index (κ2) is 8.29. The van der Waals surface area contributed by atoms with Gasteiger partial charge in [-0.1, -0.05) is 11.6 Å². The summed E-state index contributed by atoms with van der Waals surface area (Å²) in [5.41, 5.74) is 1.65. The number of halogens is 1. The van der Waals surface area contributed by atoms with Crippen molar-refractivity contribution in [2.24, 2.45) is 0 Å². The van der Waals surface area contributed by atoms with Gasteiger partial charge in [0, 0.05) is 44.4 Å². The predicted molar refractivity (Wildman–Crippen MR) is 88.4 cm³/mol. The van der Waals surface area contributed by atoms with Gasteiger partial charge in [0.1, 0.15) is 0 Å². The van der Waals surface area contributed by atoms with Crippen LogP contribution in [0.2, 0.25) is 5.02 Å². The largest absolute Gasteiger partial charge is 0.476 e. The van der Waals surface area contributed by atoms with E-state index >= 15 is 0 Å². The van der Waals surface area contributed by atoms with Crippen LogP contribution in [0.25, 0.3) is 10.9 Å². The second-order valence-corrected chi connectivity index (χ2v) is 5.65. The van der Waals surface area contributed by atoms with Gasteiger partial charge in [0.05, 0.1) is 5.52 Å². The SMILES string of the molecule is COCCCc1c(Cl)ccc2c1c(C(=O)O)nn2CCCOC. The molecule has 0 bridgehead atoms. The Balaban J connectivity index is 2.47. The number of aryl methyl sites for hydroxylation is 2. The van der Waals surface area contributed by atoms with Gasteiger partial charge in [0.2, 0.25) is 0 Å². The zero-order valence-corrected chi connectivity index (χ0v) is 14.1. The number of fused-ring (bicyclic) bond motifs is 1. The monoisotopic (exact) mass is 340 g/mol. The topological polar surface area (TPSA) is 73.6 Å². The molecule has 0 radical (unpaired) electrons. The summed E-state index contributed by atoms with van der Waals surface area (Å²) in [4.78, 5) is 11.6. The first-order valence-corrected chi connectivity index (χ1v) is 7.87. The number of hydrogen-bond donors (Lipinski definition) is 1. The average molecular weight is 341 g/mol. The van der Waals surface area contributed by atoms with E-state index in [2.05, 4.69) is 5.10 Å². The Bertz CT molecular complexity index is 684. The van der Waals surface area contributed by atoms with Crippen molar-refractivity contribution < 1.29 is 19.4 Å². The third kappa shape index (κ3) is 4.02. The maximum Gasteiger partial charge on any atom is 0.357 e. The van der Waals surface area contributed by atoms with Gasteiger partial charge in [-0.05, 0) is 37.0 Å². The molecule has 6 nitrogen and oxygen atoms in total. The molecule has 126 valence electrons. The van der Waals surface area contributed by atoms with Gasteiger partial charge in [-0.25, -0.2) is 4.79 Å². The number of carbonyl (C=O) groups is 1. The number of benzene rings is 1. The molecular formula is C16H21ClN2O4. The highest BCUT2D eigenvalue weighted by atomic mass is 35.5. The highest BCUT2D eigenvalue weighted by Gasteiger charge is 2.21. The normalized spacial score (nSPS) is 11.3. The fourth-order valence-corrected chi connectivity index (χ4v) is 2.88. The minimum absolute atomic E-state index is 0.0485. The molecule has 0 fully saturated rings. The van der Waals surface area contributed by atoms with E-state index in [4.69, 9.17) is 21.1 Å². The summed E-state index contributed by atoms with van der Waals surface area (Å²) in [7, 11) is 3.27. The fourth-order valence-electron chi connectivity index (χ4n) is 2.63. The Kier molecular flexibility index (Phi) is 6.38. The van der Waals surface area contributed by atoms with E-state index in [9.17, 15) is 9.90 Å². The molecule has 0 atom stereocenters. The van der Waals surface area contributed by atoms with Gasteiger partial charge in [-0.2, -0.15) is 5.10 Å². The molecule has 0 aliphatic carbocycles. The first kappa shape index (κ1) is 17.7. The van der Waals surface area contributed by atoms with Crippen LogP contribution in [0.3, 0.4) is 0 Å². The van der Waals surface area contributed by atoms with E-state index in [1.165, 1.54) is 0 Å². The molecule has 23 heavy (non-hydrogen) atoms. The van der Waals surface area contributed by atoms with Crippen LogP contribution in [-0.4, -0.2) is 48.3 Å². The van der Waals surface area contributed by atoms with Crippen molar-refractivity contribution in [1.82, 2.24) is 9.78 Å². The lowest BCUT2D eigenvalue weighted by atomic mass is 10.0. The van der Waals surface area contributed by atoms with Gasteiger partial charge in [0.25, 0.3) is 0 Å². The Morgan fingerprint density at radius 1 is 1.26 bits per heavy atom. The van der Waals surface area contributed by atoms with Crippen molar-refractivity contribution in [3.8, 4) is 0 Å². The lowest BCUT2D eigenvalue weighted by Crippen LogP contribution is -2.05. The highest BCUT2D eigenvalue weighted by Crippen LogP contribution is 2.30. The lowest BCUT2D eigenvalue weighted by molar-refractivity contribution is 0.0691. The summed E-state index contributed by atoms with van der Waals surface area (Å²) >= 11 is 6.30. The van der Waals surface area contributed by atoms with Crippen LogP contribution in [0.5, 0.6) is 0 Å². The number of aromatic carboxylic acids is 1. The molecule has 7 heteroatoms. The number of carboxylic acid groups (broad SMARTS) is 1. The number of nitrogens with zero attached hydrogens (tertiary/aromatic N) is 2. The summed E-state index contributed by atoms with van der Waals surface area (Å²) in [5, 5.41) is 14.9. The van der Waals surface area contributed by atoms with Crippen molar-refractivity contribution in [3.63, 3.8) is 0 Å². The zero-order valence-electron chi connectivity index (χ0n) is 13.3. The van der Waals surface area contributed by atoms with Crippen LogP contribution in [-0.2, 0) is 22.4 Å². The van der Waals surface area contributed by atoms with E-state index in [0.29, 0.717) is 36.6 Å². The molecule has 0 spiro atoms. The van der Waals surface area contributed by atoms with Crippen LogP contribution in [0.1, 0.15) is 28.9 Å². The van der Waals surface area contributed by atoms with Crippen molar-refractivity contribution in [1.29, 1.82) is 0 Å². The van der Waals surface area contributed by atoms with Crippen molar-refractivity contribution in [2.75, 3.05) is 27.4 Å². The number of aromatic nitrogens is 2. The highest BCUT2D eigenvalue weighted by molar-refractivity contribution is 6.32. The molecule has 1 aromatic carbocycles. The molecule has 2 aromatic rings. The molecule has 0 unspecified atom stereocenters. The molecule has 1 N–H and O–H groups in total. The Labute approximate surface area is 139 Å². The second-order valence-electron chi connectivity index (χ2n) is 5.24. The van der Waals surface area contributed by atoms with Crippen LogP contribution in [0, 0.1) is 0 Å². The average Bonchev–Trinajstić information content (AvgIpc) is 2.89. The van der Waals surface area contributed by atoms with E-state index in [1.807, 2.05) is 6.07 Å². The van der Waals surface area contributed by atoms with E-state index in [0.717, 1.165) is 23.9 Å². The van der Waals surface area contributed by atoms with Gasteiger partial charge >= 0.3 is 5.97 Å². The summed E-state index contributed by atoms with van der Waals surface area (Å²) < 4.78 is 11.8. The summed E-state index contributed by atoms with van der Waals surface area (Å²) in [6.45, 7) is 1.78. The Morgan fingerprint density at radius 3 is 2.61 bits per heavy atom. The van der Waals surface area contributed by atoms with Gasteiger partial charge in [-0.15, -0.1) is 0 Å². The maximum absolute atomic E-state index is 11.6. The van der Waals surface area contributed by atoms with Crippen LogP contribution < -0.4 is 0 Å². The number of methoxy groups -OCH3 is 2. The fraction of sp³-hybridized carbons (Fsp3) is 0.500. The van der Waals surface area contributed by atoms with Crippen LogP contribution in [0.4, 0.5) is 0 Å². The molecule has 0 aliphatic rings. The zero-order chi connectivity index (χ0) is 16.8. The first-order valence-electron chi connectivity index (χ1n) is 7.49. The summed E-state index contributed by atoms with van der Waals surface area (Å²) in [6.07, 6.45) is 2.17. The Morgan fingerprint density at radius 2 is 1.96 bits per heavy atom. The predicted octanol–water partition coefficient (Wildman–Crippen LogP) is 3.00. The third-order valence-corrected chi connectivity index (χ3v) is 4.02. The standard InChI is InChI=1S/C16H21ClN2O4/c1-22-9-3-5-11-12(17)6-7-13-14(11)15(16(20)21)18-19(13)8-4-10-23-2/h6-7H,3-5,8-10H2,1-2H3,(H,20,21). The summed E-state index contributed by atoms with van der Waals surface area (Å²) in [5.74, 6) is -1.05. The molecule has 0 saturated heterocycles. The first-order chi connectivity index (χ1) is 11.1. The molecule has 1 heterocycles. The quantitative estimate of drug-likeness (QED) is 0.710. The van der Waals surface area contributed by atoms with E-state index in [1.54, 1.807) is 25.0 Å². The van der Waals surface area contributed by atoms with Gasteiger partial charge in [-0.3, -0.25) is 4.68 Å². The van der Waals surface area contributed by atoms with Crippen molar-refractivity contribution >= 4 is 28.5 Å². The molecule has 0 saturated carbocycles. The van der Waals surface area contributed by atoms with Gasteiger partial charge in [0.15, 0.2) is 5.69 Å². The molecule has 2 rings (SSSR count). The van der Waals surface area contributed by atoms with Crippen molar-refractivity contribution in [3.05, 3.63) is 28.4 Å². The van der Waals surface area contributed by atoms with Crippen LogP contribution in [0.15, 0.2) is 12.1 Å².